The molecular weight excluding hydrogens is 383 g/mol. The summed E-state index contributed by atoms with van der Waals surface area (Å²) in [4.78, 5) is 12.4. The number of carbonyl (C=O) groups excluding carboxylic acids is 1. The molecule has 1 aliphatic heterocycles. The zero-order valence-electron chi connectivity index (χ0n) is 14.1. The largest absolute Gasteiger partial charge is 0.352 e. The van der Waals surface area contributed by atoms with Crippen molar-refractivity contribution in [3.8, 4) is 0 Å². The van der Waals surface area contributed by atoms with E-state index in [1.54, 1.807) is 22.2 Å². The van der Waals surface area contributed by atoms with Crippen LogP contribution in [-0.4, -0.2) is 6.03 Å². The first-order chi connectivity index (χ1) is 13.1. The Morgan fingerprint density at radius 1 is 0.741 bits per heavy atom. The lowest BCUT2D eigenvalue weighted by Gasteiger charge is -2.46. The number of anilines is 2. The van der Waals surface area contributed by atoms with E-state index in [0.717, 1.165) is 16.9 Å². The number of nitrogens with zero attached hydrogens (tertiary/aromatic N) is 2. The molecule has 1 saturated heterocycles. The summed E-state index contributed by atoms with van der Waals surface area (Å²) in [6.45, 7) is 0. The predicted molar refractivity (Wildman–Crippen MR) is 109 cm³/mol. The van der Waals surface area contributed by atoms with E-state index >= 15 is 0 Å². The molecule has 3 aromatic rings. The van der Waals surface area contributed by atoms with Crippen LogP contribution in [0.3, 0.4) is 0 Å². The van der Waals surface area contributed by atoms with Crippen molar-refractivity contribution >= 4 is 40.6 Å². The summed E-state index contributed by atoms with van der Waals surface area (Å²) in [5.74, 6) is 0. The minimum Gasteiger partial charge on any atom is -0.255 e. The molecule has 2 amide bonds. The zero-order chi connectivity index (χ0) is 18.8. The summed E-state index contributed by atoms with van der Waals surface area (Å²) in [5, 5.41) is 4.61. The van der Waals surface area contributed by atoms with E-state index in [4.69, 9.17) is 23.2 Å². The average Bonchev–Trinajstić information content (AvgIpc) is 2.69. The minimum absolute atomic E-state index is 0.343. The number of carbonyl (C=O) groups is 1. The number of hydrogen-bond donors (Lipinski definition) is 2. The maximum atomic E-state index is 12.4. The van der Waals surface area contributed by atoms with Gasteiger partial charge in [0.05, 0.1) is 11.4 Å². The Balaban J connectivity index is 1.87. The Kier molecular flexibility index (Phi) is 4.79. The lowest BCUT2D eigenvalue weighted by atomic mass is 10.1. The molecule has 0 saturated carbocycles. The van der Waals surface area contributed by atoms with Gasteiger partial charge in [-0.3, -0.25) is 10.0 Å². The van der Waals surface area contributed by atoms with Crippen molar-refractivity contribution in [3.05, 3.63) is 94.5 Å². The smallest absolute Gasteiger partial charge is 0.255 e. The van der Waals surface area contributed by atoms with E-state index in [-0.39, 0.29) is 6.03 Å². The van der Waals surface area contributed by atoms with Crippen LogP contribution in [0.4, 0.5) is 16.2 Å². The molecule has 0 atom stereocenters. The van der Waals surface area contributed by atoms with Gasteiger partial charge in [-0.05, 0) is 36.4 Å². The Labute approximate surface area is 167 Å². The van der Waals surface area contributed by atoms with Crippen LogP contribution in [-0.2, 0) is 0 Å². The first-order valence-electron chi connectivity index (χ1n) is 8.34. The molecule has 3 aromatic carbocycles. The van der Waals surface area contributed by atoms with Crippen LogP contribution in [0.1, 0.15) is 11.7 Å². The molecule has 0 unspecified atom stereocenters. The first kappa shape index (κ1) is 17.5. The fourth-order valence-corrected chi connectivity index (χ4v) is 3.57. The number of halogens is 2. The molecule has 1 fully saturated rings. The molecule has 136 valence electrons. The second kappa shape index (κ2) is 7.39. The second-order valence-electron chi connectivity index (χ2n) is 6.00. The first-order valence-corrected chi connectivity index (χ1v) is 9.10. The van der Waals surface area contributed by atoms with E-state index in [1.807, 2.05) is 66.7 Å². The number of urea groups is 1. The summed E-state index contributed by atoms with van der Waals surface area (Å²) in [7, 11) is 0. The van der Waals surface area contributed by atoms with Gasteiger partial charge in [-0.25, -0.2) is 15.6 Å². The summed E-state index contributed by atoms with van der Waals surface area (Å²) < 4.78 is 0. The van der Waals surface area contributed by atoms with Crippen molar-refractivity contribution in [1.82, 2.24) is 10.9 Å². The van der Waals surface area contributed by atoms with Crippen molar-refractivity contribution in [2.45, 2.75) is 6.17 Å². The van der Waals surface area contributed by atoms with Crippen LogP contribution in [0.15, 0.2) is 78.9 Å². The van der Waals surface area contributed by atoms with Crippen molar-refractivity contribution < 1.29 is 4.79 Å². The van der Waals surface area contributed by atoms with Gasteiger partial charge in [0.2, 0.25) is 0 Å². The SMILES string of the molecule is O=C1NN(c2ccccc2)C(c2ccc(Cl)cc2Cl)N(c2ccccc2)N1. The van der Waals surface area contributed by atoms with Gasteiger partial charge in [-0.15, -0.1) is 0 Å². The van der Waals surface area contributed by atoms with Crippen LogP contribution >= 0.6 is 23.2 Å². The monoisotopic (exact) mass is 398 g/mol. The molecule has 0 spiro atoms. The Bertz CT molecular complexity index is 901. The lowest BCUT2D eigenvalue weighted by Crippen LogP contribution is -2.65. The highest BCUT2D eigenvalue weighted by atomic mass is 35.5. The number of nitrogens with one attached hydrogen (secondary N) is 2. The second-order valence-corrected chi connectivity index (χ2v) is 6.85. The maximum absolute atomic E-state index is 12.4. The van der Waals surface area contributed by atoms with Gasteiger partial charge in [0.1, 0.15) is 0 Å². The third-order valence-electron chi connectivity index (χ3n) is 4.24. The van der Waals surface area contributed by atoms with Gasteiger partial charge >= 0.3 is 6.03 Å². The molecule has 0 bridgehead atoms. The van der Waals surface area contributed by atoms with Crippen molar-refractivity contribution in [1.29, 1.82) is 0 Å². The topological polar surface area (TPSA) is 47.6 Å². The molecule has 7 heteroatoms. The molecule has 27 heavy (non-hydrogen) atoms. The molecular formula is C20H16Cl2N4O. The predicted octanol–water partition coefficient (Wildman–Crippen LogP) is 5.15. The number of benzene rings is 3. The molecule has 5 nitrogen and oxygen atoms in total. The quantitative estimate of drug-likeness (QED) is 0.641. The standard InChI is InChI=1S/C20H16Cl2N4O/c21-14-11-12-17(18(22)13-14)19-25(15-7-3-1-4-8-15)23-20(27)24-26(19)16-9-5-2-6-10-16/h1-13,19H,(H2,23,24,27). The van der Waals surface area contributed by atoms with Gasteiger partial charge in [0.15, 0.2) is 6.17 Å². The van der Waals surface area contributed by atoms with E-state index in [0.29, 0.717) is 10.0 Å². The fraction of sp³-hybridized carbons (Fsp3) is 0.0500. The molecule has 4 rings (SSSR count). The van der Waals surface area contributed by atoms with Crippen molar-refractivity contribution in [2.24, 2.45) is 0 Å². The van der Waals surface area contributed by atoms with Gasteiger partial charge in [-0.1, -0.05) is 65.7 Å². The third-order valence-corrected chi connectivity index (χ3v) is 4.80. The highest BCUT2D eigenvalue weighted by Crippen LogP contribution is 2.37. The van der Waals surface area contributed by atoms with Gasteiger partial charge in [0, 0.05) is 15.6 Å². The van der Waals surface area contributed by atoms with Gasteiger partial charge < -0.3 is 0 Å². The number of hydrazine groups is 2. The zero-order valence-corrected chi connectivity index (χ0v) is 15.7. The summed E-state index contributed by atoms with van der Waals surface area (Å²) in [6.07, 6.45) is -0.433. The Hall–Kier alpha value is -2.89. The van der Waals surface area contributed by atoms with E-state index < -0.39 is 6.17 Å². The van der Waals surface area contributed by atoms with Crippen LogP contribution in [0.25, 0.3) is 0 Å². The molecule has 1 heterocycles. The Morgan fingerprint density at radius 3 is 1.74 bits per heavy atom. The van der Waals surface area contributed by atoms with Crippen LogP contribution < -0.4 is 20.9 Å². The third kappa shape index (κ3) is 3.52. The van der Waals surface area contributed by atoms with E-state index in [1.165, 1.54) is 0 Å². The molecule has 2 N–H and O–H groups in total. The molecule has 0 aromatic heterocycles. The maximum Gasteiger partial charge on any atom is 0.352 e. The highest BCUT2D eigenvalue weighted by molar-refractivity contribution is 6.35. The summed E-state index contributed by atoms with van der Waals surface area (Å²) >= 11 is 12.6. The van der Waals surface area contributed by atoms with Crippen molar-refractivity contribution in [3.63, 3.8) is 0 Å². The number of hydrogen-bond acceptors (Lipinski definition) is 3. The summed E-state index contributed by atoms with van der Waals surface area (Å²) in [5.41, 5.74) is 8.19. The minimum atomic E-state index is -0.433. The number of para-hydroxylation sites is 2. The van der Waals surface area contributed by atoms with Gasteiger partial charge in [0.25, 0.3) is 0 Å². The molecule has 0 radical (unpaired) electrons. The normalized spacial score (nSPS) is 14.7. The van der Waals surface area contributed by atoms with Crippen LogP contribution in [0, 0.1) is 0 Å². The highest BCUT2D eigenvalue weighted by Gasteiger charge is 2.36. The van der Waals surface area contributed by atoms with Crippen LogP contribution in [0.5, 0.6) is 0 Å². The fourth-order valence-electron chi connectivity index (χ4n) is 3.06. The lowest BCUT2D eigenvalue weighted by molar-refractivity contribution is 0.227. The van der Waals surface area contributed by atoms with E-state index in [2.05, 4.69) is 10.9 Å². The average molecular weight is 399 g/mol. The van der Waals surface area contributed by atoms with Crippen LogP contribution in [0.2, 0.25) is 10.0 Å². The number of amides is 2. The van der Waals surface area contributed by atoms with Gasteiger partial charge in [-0.2, -0.15) is 0 Å². The van der Waals surface area contributed by atoms with Crippen molar-refractivity contribution in [2.75, 3.05) is 10.0 Å². The summed E-state index contributed by atoms with van der Waals surface area (Å²) in [6, 6.07) is 24.2. The molecule has 1 aliphatic rings. The van der Waals surface area contributed by atoms with E-state index in [9.17, 15) is 4.79 Å². The number of rotatable bonds is 3. The Morgan fingerprint density at radius 2 is 1.26 bits per heavy atom. The molecule has 0 aliphatic carbocycles.